The first kappa shape index (κ1) is 10.8. The van der Waals surface area contributed by atoms with Crippen LogP contribution in [-0.2, 0) is 6.54 Å². The van der Waals surface area contributed by atoms with E-state index >= 15 is 0 Å². The lowest BCUT2D eigenvalue weighted by molar-refractivity contribution is 0.150. The van der Waals surface area contributed by atoms with Crippen molar-refractivity contribution < 1.29 is 8.78 Å². The number of nitrogens with two attached hydrogens (primary N) is 1. The van der Waals surface area contributed by atoms with Crippen LogP contribution in [-0.4, -0.2) is 4.98 Å². The Kier molecular flexibility index (Phi) is 3.33. The standard InChI is InChI=1S/C8H6ClF2N3/c9-5-1-4(8(10)11)6(2-12)14-7(5)3-13/h1,8H,3,13H2. The average molecular weight is 218 g/mol. The van der Waals surface area contributed by atoms with Gasteiger partial charge in [0.15, 0.2) is 0 Å². The molecule has 1 rings (SSSR count). The first-order chi connectivity index (χ1) is 6.60. The van der Waals surface area contributed by atoms with Gasteiger partial charge in [0.2, 0.25) is 0 Å². The van der Waals surface area contributed by atoms with Crippen LogP contribution in [0.15, 0.2) is 6.07 Å². The highest BCUT2D eigenvalue weighted by Gasteiger charge is 2.16. The number of hydrogen-bond acceptors (Lipinski definition) is 3. The molecule has 1 heterocycles. The molecular formula is C8H6ClF2N3. The average Bonchev–Trinajstić information content (AvgIpc) is 2.17. The van der Waals surface area contributed by atoms with Gasteiger partial charge in [0.05, 0.1) is 16.3 Å². The minimum absolute atomic E-state index is 0.0109. The molecule has 0 aromatic carbocycles. The molecule has 0 aliphatic heterocycles. The Labute approximate surface area is 84.1 Å². The monoisotopic (exact) mass is 217 g/mol. The number of nitrogens with zero attached hydrogens (tertiary/aromatic N) is 2. The molecule has 1 aromatic heterocycles. The van der Waals surface area contributed by atoms with Gasteiger partial charge in [-0.2, -0.15) is 5.26 Å². The van der Waals surface area contributed by atoms with E-state index in [4.69, 9.17) is 22.6 Å². The fourth-order valence-electron chi connectivity index (χ4n) is 0.940. The van der Waals surface area contributed by atoms with Gasteiger partial charge in [-0.1, -0.05) is 11.6 Å². The van der Waals surface area contributed by atoms with Crippen molar-refractivity contribution in [2.45, 2.75) is 13.0 Å². The smallest absolute Gasteiger partial charge is 0.266 e. The number of hydrogen-bond donors (Lipinski definition) is 1. The van der Waals surface area contributed by atoms with E-state index in [1.807, 2.05) is 0 Å². The summed E-state index contributed by atoms with van der Waals surface area (Å²) in [7, 11) is 0. The van der Waals surface area contributed by atoms with Crippen LogP contribution in [0.5, 0.6) is 0 Å². The van der Waals surface area contributed by atoms with Crippen LogP contribution in [0.2, 0.25) is 5.02 Å². The molecule has 3 nitrogen and oxygen atoms in total. The SMILES string of the molecule is N#Cc1nc(CN)c(Cl)cc1C(F)F. The van der Waals surface area contributed by atoms with Gasteiger partial charge in [0.1, 0.15) is 11.8 Å². The maximum atomic E-state index is 12.3. The first-order valence-corrected chi connectivity index (χ1v) is 4.05. The lowest BCUT2D eigenvalue weighted by atomic mass is 10.2. The Bertz CT molecular complexity index is 387. The summed E-state index contributed by atoms with van der Waals surface area (Å²) in [4.78, 5) is 3.63. The summed E-state index contributed by atoms with van der Waals surface area (Å²) in [5.74, 6) is 0. The maximum Gasteiger partial charge on any atom is 0.266 e. The molecule has 0 aliphatic carbocycles. The van der Waals surface area contributed by atoms with E-state index in [0.717, 1.165) is 6.07 Å². The van der Waals surface area contributed by atoms with Crippen LogP contribution in [0.4, 0.5) is 8.78 Å². The second-order valence-corrected chi connectivity index (χ2v) is 2.88. The fraction of sp³-hybridized carbons (Fsp3) is 0.250. The van der Waals surface area contributed by atoms with Crippen LogP contribution >= 0.6 is 11.6 Å². The predicted molar refractivity (Wildman–Crippen MR) is 46.8 cm³/mol. The van der Waals surface area contributed by atoms with Crippen molar-refractivity contribution in [2.24, 2.45) is 5.73 Å². The summed E-state index contributed by atoms with van der Waals surface area (Å²) in [6, 6.07) is 2.60. The van der Waals surface area contributed by atoms with Crippen molar-refractivity contribution in [3.63, 3.8) is 0 Å². The third-order valence-corrected chi connectivity index (χ3v) is 1.94. The number of halogens is 3. The van der Waals surface area contributed by atoms with Gasteiger partial charge in [-0.25, -0.2) is 13.8 Å². The Hall–Kier alpha value is -1.25. The highest BCUT2D eigenvalue weighted by Crippen LogP contribution is 2.26. The minimum atomic E-state index is -2.76. The molecule has 2 N–H and O–H groups in total. The number of pyridine rings is 1. The highest BCUT2D eigenvalue weighted by molar-refractivity contribution is 6.31. The Morgan fingerprint density at radius 2 is 2.29 bits per heavy atom. The van der Waals surface area contributed by atoms with E-state index < -0.39 is 12.0 Å². The molecule has 0 saturated heterocycles. The molecule has 6 heteroatoms. The summed E-state index contributed by atoms with van der Waals surface area (Å²) >= 11 is 5.62. The van der Waals surface area contributed by atoms with Crippen molar-refractivity contribution in [3.8, 4) is 6.07 Å². The molecule has 0 saturated carbocycles. The van der Waals surface area contributed by atoms with Crippen LogP contribution in [0.3, 0.4) is 0 Å². The zero-order chi connectivity index (χ0) is 10.7. The van der Waals surface area contributed by atoms with Crippen molar-refractivity contribution in [1.82, 2.24) is 4.98 Å². The first-order valence-electron chi connectivity index (χ1n) is 3.67. The molecule has 0 aliphatic rings. The topological polar surface area (TPSA) is 62.7 Å². The van der Waals surface area contributed by atoms with Crippen LogP contribution in [0.25, 0.3) is 0 Å². The molecule has 74 valence electrons. The van der Waals surface area contributed by atoms with E-state index in [2.05, 4.69) is 4.98 Å². The molecule has 0 atom stereocenters. The number of alkyl halides is 2. The number of rotatable bonds is 2. The maximum absolute atomic E-state index is 12.3. The van der Waals surface area contributed by atoms with Gasteiger partial charge in [-0.3, -0.25) is 0 Å². The molecule has 0 amide bonds. The van der Waals surface area contributed by atoms with Crippen LogP contribution in [0.1, 0.15) is 23.4 Å². The van der Waals surface area contributed by atoms with Crippen LogP contribution in [0, 0.1) is 11.3 Å². The Morgan fingerprint density at radius 3 is 2.71 bits per heavy atom. The van der Waals surface area contributed by atoms with E-state index in [9.17, 15) is 8.78 Å². The van der Waals surface area contributed by atoms with Gasteiger partial charge in [-0.15, -0.1) is 0 Å². The summed E-state index contributed by atoms with van der Waals surface area (Å²) in [5.41, 5.74) is 4.71. The summed E-state index contributed by atoms with van der Waals surface area (Å²) in [6.07, 6.45) is -2.76. The van der Waals surface area contributed by atoms with E-state index in [1.165, 1.54) is 0 Å². The second kappa shape index (κ2) is 4.31. The summed E-state index contributed by atoms with van der Waals surface area (Å²) < 4.78 is 24.7. The molecule has 0 bridgehead atoms. The molecule has 0 unspecified atom stereocenters. The zero-order valence-corrected chi connectivity index (χ0v) is 7.72. The molecule has 1 aromatic rings. The van der Waals surface area contributed by atoms with Gasteiger partial charge in [0.25, 0.3) is 6.43 Å². The molecular weight excluding hydrogens is 212 g/mol. The molecule has 14 heavy (non-hydrogen) atoms. The zero-order valence-electron chi connectivity index (χ0n) is 6.97. The van der Waals surface area contributed by atoms with E-state index in [-0.39, 0.29) is 23.0 Å². The fourth-order valence-corrected chi connectivity index (χ4v) is 1.18. The highest BCUT2D eigenvalue weighted by atomic mass is 35.5. The quantitative estimate of drug-likeness (QED) is 0.824. The predicted octanol–water partition coefficient (Wildman–Crippen LogP) is 2.00. The third kappa shape index (κ3) is 1.97. The van der Waals surface area contributed by atoms with Crippen molar-refractivity contribution in [3.05, 3.63) is 28.0 Å². The summed E-state index contributed by atoms with van der Waals surface area (Å²) in [6.45, 7) is 0.0109. The minimum Gasteiger partial charge on any atom is -0.325 e. The Morgan fingerprint density at radius 1 is 1.64 bits per heavy atom. The van der Waals surface area contributed by atoms with Crippen LogP contribution < -0.4 is 5.73 Å². The van der Waals surface area contributed by atoms with Crippen molar-refractivity contribution in [1.29, 1.82) is 5.26 Å². The number of nitriles is 1. The molecule has 0 fully saturated rings. The normalized spacial score (nSPS) is 10.3. The molecule has 0 radical (unpaired) electrons. The second-order valence-electron chi connectivity index (χ2n) is 2.47. The van der Waals surface area contributed by atoms with E-state index in [1.54, 1.807) is 6.07 Å². The van der Waals surface area contributed by atoms with Crippen molar-refractivity contribution >= 4 is 11.6 Å². The molecule has 0 spiro atoms. The summed E-state index contributed by atoms with van der Waals surface area (Å²) in [5, 5.41) is 8.61. The lowest BCUT2D eigenvalue weighted by Crippen LogP contribution is -2.05. The Balaban J connectivity index is 3.33. The lowest BCUT2D eigenvalue weighted by Gasteiger charge is -2.05. The van der Waals surface area contributed by atoms with Crippen molar-refractivity contribution in [2.75, 3.05) is 0 Å². The largest absolute Gasteiger partial charge is 0.325 e. The number of aromatic nitrogens is 1. The van der Waals surface area contributed by atoms with Gasteiger partial charge >= 0.3 is 0 Å². The third-order valence-electron chi connectivity index (χ3n) is 1.61. The van der Waals surface area contributed by atoms with E-state index in [0.29, 0.717) is 0 Å². The van der Waals surface area contributed by atoms with Gasteiger partial charge in [-0.05, 0) is 6.07 Å². The van der Waals surface area contributed by atoms with Gasteiger partial charge < -0.3 is 5.73 Å². The van der Waals surface area contributed by atoms with Gasteiger partial charge in [0, 0.05) is 6.54 Å².